The van der Waals surface area contributed by atoms with E-state index in [-0.39, 0.29) is 34.5 Å². The predicted octanol–water partition coefficient (Wildman–Crippen LogP) is 4.88. The lowest BCUT2D eigenvalue weighted by Gasteiger charge is -2.10. The van der Waals surface area contributed by atoms with Crippen molar-refractivity contribution < 1.29 is 29.6 Å². The Morgan fingerprint density at radius 2 is 1.33 bits per heavy atom. The molecule has 0 aliphatic rings. The Morgan fingerprint density at radius 3 is 1.77 bits per heavy atom. The number of allylic oxidation sites excluding steroid dienone is 3. The van der Waals surface area contributed by atoms with Crippen LogP contribution < -0.4 is 9.47 Å². The summed E-state index contributed by atoms with van der Waals surface area (Å²) in [7, 11) is 2.90. The van der Waals surface area contributed by atoms with Gasteiger partial charge in [0.25, 0.3) is 0 Å². The largest absolute Gasteiger partial charge is 0.508 e. The van der Waals surface area contributed by atoms with Gasteiger partial charge in [0, 0.05) is 5.57 Å². The van der Waals surface area contributed by atoms with Gasteiger partial charge in [0.05, 0.1) is 14.2 Å². The number of carbonyl (C=O) groups is 1. The van der Waals surface area contributed by atoms with Crippen molar-refractivity contribution in [3.63, 3.8) is 0 Å². The number of hydrogen-bond acceptors (Lipinski definition) is 6. The second kappa shape index (κ2) is 10.2. The van der Waals surface area contributed by atoms with E-state index in [9.17, 15) is 20.1 Å². The zero-order valence-corrected chi connectivity index (χ0v) is 17.4. The summed E-state index contributed by atoms with van der Waals surface area (Å²) in [5.74, 6) is -0.0406. The molecule has 0 saturated heterocycles. The van der Waals surface area contributed by atoms with Gasteiger partial charge in [0.1, 0.15) is 5.76 Å². The first kappa shape index (κ1) is 22.6. The molecule has 0 aromatic heterocycles. The Morgan fingerprint density at radius 1 is 0.867 bits per heavy atom. The first-order valence-corrected chi connectivity index (χ1v) is 9.34. The number of aliphatic hydroxyl groups is 1. The number of phenolic OH excluding ortho intramolecular Hbond substituents is 2. The van der Waals surface area contributed by atoms with Gasteiger partial charge in [-0.1, -0.05) is 38.1 Å². The van der Waals surface area contributed by atoms with Crippen LogP contribution in [0.4, 0.5) is 0 Å². The highest BCUT2D eigenvalue weighted by atomic mass is 16.5. The molecule has 0 aliphatic heterocycles. The van der Waals surface area contributed by atoms with Gasteiger partial charge in [-0.2, -0.15) is 0 Å². The summed E-state index contributed by atoms with van der Waals surface area (Å²) < 4.78 is 10.1. The first-order chi connectivity index (χ1) is 14.3. The normalized spacial score (nSPS) is 12.4. The number of ketones is 1. The molecule has 0 saturated carbocycles. The highest BCUT2D eigenvalue weighted by Crippen LogP contribution is 2.28. The number of phenols is 2. The molecule has 0 heterocycles. The van der Waals surface area contributed by atoms with Crippen molar-refractivity contribution in [2.24, 2.45) is 5.92 Å². The van der Waals surface area contributed by atoms with Crippen LogP contribution in [0.1, 0.15) is 25.0 Å². The van der Waals surface area contributed by atoms with Gasteiger partial charge in [0.15, 0.2) is 28.8 Å². The highest BCUT2D eigenvalue weighted by Gasteiger charge is 2.15. The van der Waals surface area contributed by atoms with Crippen molar-refractivity contribution in [3.8, 4) is 23.0 Å². The van der Waals surface area contributed by atoms with E-state index in [4.69, 9.17) is 9.47 Å². The van der Waals surface area contributed by atoms with Crippen LogP contribution in [0.25, 0.3) is 12.2 Å². The molecule has 0 spiro atoms. The van der Waals surface area contributed by atoms with Crippen LogP contribution in [0, 0.1) is 5.92 Å². The highest BCUT2D eigenvalue weighted by molar-refractivity contribution is 6.07. The molecule has 2 rings (SSSR count). The van der Waals surface area contributed by atoms with E-state index >= 15 is 0 Å². The Balaban J connectivity index is 2.28. The second-order valence-electron chi connectivity index (χ2n) is 6.85. The Kier molecular flexibility index (Phi) is 7.69. The summed E-state index contributed by atoms with van der Waals surface area (Å²) in [5.41, 5.74) is 1.63. The maximum Gasteiger partial charge on any atom is 0.185 e. The number of carbonyl (C=O) groups excluding carboxylic acids is 1. The molecule has 0 bridgehead atoms. The summed E-state index contributed by atoms with van der Waals surface area (Å²) in [5, 5.41) is 29.8. The number of benzene rings is 2. The summed E-state index contributed by atoms with van der Waals surface area (Å²) >= 11 is 0. The fourth-order valence-electron chi connectivity index (χ4n) is 2.83. The van der Waals surface area contributed by atoms with Gasteiger partial charge < -0.3 is 24.8 Å². The minimum atomic E-state index is -0.331. The monoisotopic (exact) mass is 410 g/mol. The van der Waals surface area contributed by atoms with E-state index in [0.29, 0.717) is 22.6 Å². The summed E-state index contributed by atoms with van der Waals surface area (Å²) in [4.78, 5) is 12.7. The zero-order valence-electron chi connectivity index (χ0n) is 17.4. The standard InChI is InChI=1S/C24H26O6/c1-15(2)24(20(27)11-7-16-5-9-18(25)22(13-16)29-3)21(28)12-8-17-6-10-19(26)23(14-17)30-4/h5-15,25-27H,1-4H3/b11-7+,12-8+,24-20-. The van der Waals surface area contributed by atoms with Crippen LogP contribution in [0.3, 0.4) is 0 Å². The molecule has 0 fully saturated rings. The summed E-state index contributed by atoms with van der Waals surface area (Å²) in [6.45, 7) is 3.64. The first-order valence-electron chi connectivity index (χ1n) is 9.34. The topological polar surface area (TPSA) is 96.2 Å². The van der Waals surface area contributed by atoms with E-state index in [1.807, 2.05) is 13.8 Å². The van der Waals surface area contributed by atoms with Crippen molar-refractivity contribution in [1.82, 2.24) is 0 Å². The van der Waals surface area contributed by atoms with E-state index in [1.165, 1.54) is 38.5 Å². The Bertz CT molecular complexity index is 999. The van der Waals surface area contributed by atoms with Crippen molar-refractivity contribution in [2.75, 3.05) is 14.2 Å². The number of aliphatic hydroxyl groups excluding tert-OH is 1. The maximum absolute atomic E-state index is 12.7. The molecule has 0 aliphatic carbocycles. The van der Waals surface area contributed by atoms with Crippen LogP contribution in [0.15, 0.2) is 59.9 Å². The Labute approximate surface area is 176 Å². The zero-order chi connectivity index (χ0) is 22.3. The van der Waals surface area contributed by atoms with Gasteiger partial charge in [-0.15, -0.1) is 0 Å². The van der Waals surface area contributed by atoms with Crippen LogP contribution >= 0.6 is 0 Å². The predicted molar refractivity (Wildman–Crippen MR) is 117 cm³/mol. The lowest BCUT2D eigenvalue weighted by atomic mass is 9.96. The van der Waals surface area contributed by atoms with Gasteiger partial charge >= 0.3 is 0 Å². The van der Waals surface area contributed by atoms with Gasteiger partial charge in [0.2, 0.25) is 0 Å². The number of hydrogen-bond donors (Lipinski definition) is 3. The van der Waals surface area contributed by atoms with Crippen molar-refractivity contribution in [3.05, 3.63) is 71.0 Å². The third-order valence-electron chi connectivity index (χ3n) is 4.39. The number of methoxy groups -OCH3 is 2. The van der Waals surface area contributed by atoms with Gasteiger partial charge in [-0.3, -0.25) is 4.79 Å². The molecule has 0 radical (unpaired) electrons. The third-order valence-corrected chi connectivity index (χ3v) is 4.39. The quantitative estimate of drug-likeness (QED) is 0.326. The molecule has 2 aromatic carbocycles. The molecule has 6 heteroatoms. The Hall–Kier alpha value is -3.67. The fourth-order valence-corrected chi connectivity index (χ4v) is 2.83. The molecule has 0 unspecified atom stereocenters. The van der Waals surface area contributed by atoms with Crippen molar-refractivity contribution in [2.45, 2.75) is 13.8 Å². The lowest BCUT2D eigenvalue weighted by molar-refractivity contribution is -0.111. The molecule has 158 valence electrons. The molecule has 6 nitrogen and oxygen atoms in total. The van der Waals surface area contributed by atoms with Gasteiger partial charge in [-0.05, 0) is 53.5 Å². The molecule has 0 atom stereocenters. The van der Waals surface area contributed by atoms with Crippen LogP contribution in [-0.4, -0.2) is 35.3 Å². The summed E-state index contributed by atoms with van der Waals surface area (Å²) in [6, 6.07) is 9.51. The number of rotatable bonds is 8. The molecule has 30 heavy (non-hydrogen) atoms. The summed E-state index contributed by atoms with van der Waals surface area (Å²) in [6.07, 6.45) is 6.03. The average Bonchev–Trinajstić information content (AvgIpc) is 2.72. The minimum Gasteiger partial charge on any atom is -0.508 e. The van der Waals surface area contributed by atoms with E-state index in [2.05, 4.69) is 0 Å². The van der Waals surface area contributed by atoms with Crippen molar-refractivity contribution >= 4 is 17.9 Å². The third kappa shape index (κ3) is 5.67. The van der Waals surface area contributed by atoms with E-state index in [0.717, 1.165) is 0 Å². The van der Waals surface area contributed by atoms with Crippen molar-refractivity contribution in [1.29, 1.82) is 0 Å². The van der Waals surface area contributed by atoms with Crippen LogP contribution in [0.5, 0.6) is 23.0 Å². The molecular formula is C24H26O6. The van der Waals surface area contributed by atoms with Crippen LogP contribution in [0.2, 0.25) is 0 Å². The average molecular weight is 410 g/mol. The second-order valence-corrected chi connectivity index (χ2v) is 6.85. The lowest BCUT2D eigenvalue weighted by Crippen LogP contribution is -2.08. The fraction of sp³-hybridized carbons (Fsp3) is 0.208. The van der Waals surface area contributed by atoms with Crippen LogP contribution in [-0.2, 0) is 4.79 Å². The molecule has 3 N–H and O–H groups in total. The maximum atomic E-state index is 12.7. The minimum absolute atomic E-state index is 0.0115. The smallest absolute Gasteiger partial charge is 0.185 e. The number of aromatic hydroxyl groups is 2. The van der Waals surface area contributed by atoms with E-state index in [1.54, 1.807) is 36.4 Å². The van der Waals surface area contributed by atoms with E-state index < -0.39 is 0 Å². The molecule has 2 aromatic rings. The SMILES string of the molecule is COc1cc(/C=C/C(=O)/C(=C(O)/C=C/c2ccc(O)c(OC)c2)C(C)C)ccc1O. The van der Waals surface area contributed by atoms with Gasteiger partial charge in [-0.25, -0.2) is 0 Å². The number of ether oxygens (including phenoxy) is 2. The molecule has 0 amide bonds. The molecular weight excluding hydrogens is 384 g/mol.